The van der Waals surface area contributed by atoms with Crippen molar-refractivity contribution in [3.8, 4) is 0 Å². The van der Waals surface area contributed by atoms with Crippen molar-refractivity contribution >= 4 is 22.7 Å². The third-order valence-electron chi connectivity index (χ3n) is 3.28. The molecule has 0 spiro atoms. The Morgan fingerprint density at radius 3 is 2.72 bits per heavy atom. The molecule has 0 unspecified atom stereocenters. The third-order valence-corrected chi connectivity index (χ3v) is 3.28. The van der Waals surface area contributed by atoms with E-state index in [0.29, 0.717) is 12.0 Å². The molecular formula is C13H16N4O. The van der Waals surface area contributed by atoms with E-state index >= 15 is 0 Å². The van der Waals surface area contributed by atoms with Crippen LogP contribution in [0.25, 0.3) is 10.9 Å². The minimum absolute atomic E-state index is 0.167. The van der Waals surface area contributed by atoms with Crippen LogP contribution in [0, 0.1) is 0 Å². The smallest absolute Gasteiger partial charge is 0.224 e. The van der Waals surface area contributed by atoms with Gasteiger partial charge in [0.15, 0.2) is 0 Å². The van der Waals surface area contributed by atoms with Crippen molar-refractivity contribution in [1.82, 2.24) is 9.97 Å². The fraction of sp³-hybridized carbons (Fsp3) is 0.385. The molecule has 94 valence electrons. The highest BCUT2D eigenvalue weighted by Gasteiger charge is 2.27. The Bertz CT molecular complexity index is 566. The quantitative estimate of drug-likeness (QED) is 0.765. The first-order valence-electron chi connectivity index (χ1n) is 6.15. The molecule has 1 aliphatic carbocycles. The first kappa shape index (κ1) is 11.2. The van der Waals surface area contributed by atoms with Crippen LogP contribution in [0.4, 0.5) is 11.8 Å². The van der Waals surface area contributed by atoms with Gasteiger partial charge in [-0.3, -0.25) is 0 Å². The number of hydrogen-bond donors (Lipinski definition) is 3. The highest BCUT2D eigenvalue weighted by Crippen LogP contribution is 2.27. The summed E-state index contributed by atoms with van der Waals surface area (Å²) in [4.78, 5) is 8.86. The van der Waals surface area contributed by atoms with Crippen LogP contribution in [0.5, 0.6) is 0 Å². The van der Waals surface area contributed by atoms with E-state index in [9.17, 15) is 5.11 Å². The first-order chi connectivity index (χ1) is 8.76. The molecule has 0 amide bonds. The Labute approximate surface area is 105 Å². The molecule has 1 aliphatic rings. The monoisotopic (exact) mass is 244 g/mol. The number of anilines is 2. The van der Waals surface area contributed by atoms with Crippen LogP contribution in [-0.4, -0.2) is 34.3 Å². The van der Waals surface area contributed by atoms with E-state index in [1.807, 2.05) is 24.3 Å². The number of fused-ring (bicyclic) bond motifs is 1. The fourth-order valence-electron chi connectivity index (χ4n) is 2.20. The van der Waals surface area contributed by atoms with Crippen LogP contribution in [0.2, 0.25) is 0 Å². The summed E-state index contributed by atoms with van der Waals surface area (Å²) in [5, 5.41) is 16.7. The molecule has 0 bridgehead atoms. The van der Waals surface area contributed by atoms with Gasteiger partial charge in [-0.1, -0.05) is 12.1 Å². The lowest BCUT2D eigenvalue weighted by Gasteiger charge is -2.32. The van der Waals surface area contributed by atoms with Crippen molar-refractivity contribution in [2.75, 3.05) is 17.7 Å². The van der Waals surface area contributed by atoms with Crippen LogP contribution in [0.3, 0.4) is 0 Å². The molecule has 1 saturated carbocycles. The molecule has 3 N–H and O–H groups in total. The number of aromatic nitrogens is 2. The number of hydrogen-bond acceptors (Lipinski definition) is 5. The molecule has 0 atom stereocenters. The second kappa shape index (κ2) is 4.42. The predicted octanol–water partition coefficient (Wildman–Crippen LogP) is 1.61. The van der Waals surface area contributed by atoms with Gasteiger partial charge in [0.1, 0.15) is 5.82 Å². The lowest BCUT2D eigenvalue weighted by Crippen LogP contribution is -2.39. The molecule has 2 aromatic rings. The Morgan fingerprint density at radius 2 is 2.00 bits per heavy atom. The molecule has 0 saturated heterocycles. The van der Waals surface area contributed by atoms with E-state index in [1.165, 1.54) is 0 Å². The van der Waals surface area contributed by atoms with Crippen molar-refractivity contribution in [3.63, 3.8) is 0 Å². The van der Waals surface area contributed by atoms with Crippen molar-refractivity contribution in [3.05, 3.63) is 24.3 Å². The van der Waals surface area contributed by atoms with Gasteiger partial charge in [-0.05, 0) is 25.0 Å². The normalized spacial score (nSPS) is 22.6. The topological polar surface area (TPSA) is 70.1 Å². The van der Waals surface area contributed by atoms with Crippen molar-refractivity contribution in [2.45, 2.75) is 25.0 Å². The zero-order valence-corrected chi connectivity index (χ0v) is 10.2. The van der Waals surface area contributed by atoms with E-state index in [1.54, 1.807) is 7.05 Å². The summed E-state index contributed by atoms with van der Waals surface area (Å²) in [6.45, 7) is 0. The number of rotatable bonds is 3. The lowest BCUT2D eigenvalue weighted by atomic mass is 9.89. The fourth-order valence-corrected chi connectivity index (χ4v) is 2.20. The van der Waals surface area contributed by atoms with Gasteiger partial charge in [-0.25, -0.2) is 4.98 Å². The van der Waals surface area contributed by atoms with Crippen molar-refractivity contribution < 1.29 is 5.11 Å². The molecule has 1 heterocycles. The maximum Gasteiger partial charge on any atom is 0.224 e. The standard InChI is InChI=1S/C13H16N4O/c1-14-13-16-11-5-3-2-4-10(11)12(17-13)15-8-6-9(18)7-8/h2-5,8-9,18H,6-7H2,1H3,(H2,14,15,16,17). The highest BCUT2D eigenvalue weighted by atomic mass is 16.3. The molecule has 1 aromatic carbocycles. The Kier molecular flexibility index (Phi) is 2.76. The summed E-state index contributed by atoms with van der Waals surface area (Å²) in [5.74, 6) is 1.44. The van der Waals surface area contributed by atoms with E-state index in [0.717, 1.165) is 29.6 Å². The molecule has 0 aliphatic heterocycles. The minimum Gasteiger partial charge on any atom is -0.393 e. The number of nitrogens with zero attached hydrogens (tertiary/aromatic N) is 2. The number of benzene rings is 1. The predicted molar refractivity (Wildman–Crippen MR) is 71.7 cm³/mol. The van der Waals surface area contributed by atoms with Gasteiger partial charge in [0.05, 0.1) is 11.6 Å². The van der Waals surface area contributed by atoms with Gasteiger partial charge < -0.3 is 15.7 Å². The molecule has 5 nitrogen and oxygen atoms in total. The van der Waals surface area contributed by atoms with Crippen LogP contribution in [0.1, 0.15) is 12.8 Å². The van der Waals surface area contributed by atoms with Crippen LogP contribution < -0.4 is 10.6 Å². The Balaban J connectivity index is 1.97. The average Bonchev–Trinajstić information content (AvgIpc) is 2.36. The third kappa shape index (κ3) is 1.97. The second-order valence-corrected chi connectivity index (χ2v) is 4.63. The summed E-state index contributed by atoms with van der Waals surface area (Å²) in [6.07, 6.45) is 1.40. The highest BCUT2D eigenvalue weighted by molar-refractivity contribution is 5.90. The Morgan fingerprint density at radius 1 is 1.22 bits per heavy atom. The van der Waals surface area contributed by atoms with Crippen LogP contribution >= 0.6 is 0 Å². The summed E-state index contributed by atoms with van der Waals surface area (Å²) in [7, 11) is 1.81. The number of para-hydroxylation sites is 1. The molecule has 18 heavy (non-hydrogen) atoms. The maximum absolute atomic E-state index is 9.33. The summed E-state index contributed by atoms with van der Waals surface area (Å²) in [6, 6.07) is 8.23. The SMILES string of the molecule is CNc1nc(NC2CC(O)C2)c2ccccc2n1. The molecule has 1 fully saturated rings. The number of nitrogens with one attached hydrogen (secondary N) is 2. The lowest BCUT2D eigenvalue weighted by molar-refractivity contribution is 0.0836. The van der Waals surface area contributed by atoms with Crippen molar-refractivity contribution in [1.29, 1.82) is 0 Å². The van der Waals surface area contributed by atoms with E-state index in [2.05, 4.69) is 20.6 Å². The Hall–Kier alpha value is -1.88. The largest absolute Gasteiger partial charge is 0.393 e. The van der Waals surface area contributed by atoms with Crippen LogP contribution in [-0.2, 0) is 0 Å². The summed E-state index contributed by atoms with van der Waals surface area (Å²) >= 11 is 0. The van der Waals surface area contributed by atoms with Gasteiger partial charge in [0, 0.05) is 18.5 Å². The number of aliphatic hydroxyl groups is 1. The number of aliphatic hydroxyl groups excluding tert-OH is 1. The maximum atomic E-state index is 9.33. The summed E-state index contributed by atoms with van der Waals surface area (Å²) < 4.78 is 0. The molecular weight excluding hydrogens is 228 g/mol. The van der Waals surface area contributed by atoms with E-state index in [-0.39, 0.29) is 6.10 Å². The second-order valence-electron chi connectivity index (χ2n) is 4.63. The van der Waals surface area contributed by atoms with E-state index < -0.39 is 0 Å². The molecule has 5 heteroatoms. The van der Waals surface area contributed by atoms with Gasteiger partial charge in [-0.2, -0.15) is 4.98 Å². The first-order valence-corrected chi connectivity index (χ1v) is 6.15. The van der Waals surface area contributed by atoms with Crippen molar-refractivity contribution in [2.24, 2.45) is 0 Å². The van der Waals surface area contributed by atoms with Gasteiger partial charge in [0.2, 0.25) is 5.95 Å². The van der Waals surface area contributed by atoms with Gasteiger partial charge in [0.25, 0.3) is 0 Å². The molecule has 0 radical (unpaired) electrons. The van der Waals surface area contributed by atoms with Crippen LogP contribution in [0.15, 0.2) is 24.3 Å². The zero-order chi connectivity index (χ0) is 12.5. The molecule has 3 rings (SSSR count). The average molecular weight is 244 g/mol. The summed E-state index contributed by atoms with van der Waals surface area (Å²) in [5.41, 5.74) is 0.916. The van der Waals surface area contributed by atoms with Gasteiger partial charge >= 0.3 is 0 Å². The zero-order valence-electron chi connectivity index (χ0n) is 10.2. The van der Waals surface area contributed by atoms with E-state index in [4.69, 9.17) is 0 Å². The molecule has 1 aromatic heterocycles. The van der Waals surface area contributed by atoms with Gasteiger partial charge in [-0.15, -0.1) is 0 Å². The minimum atomic E-state index is -0.167.